The first-order chi connectivity index (χ1) is 10.2. The first kappa shape index (κ1) is 14.2. The molecule has 1 saturated carbocycles. The van der Waals surface area contributed by atoms with Crippen molar-refractivity contribution in [3.8, 4) is 17.2 Å². The van der Waals surface area contributed by atoms with Gasteiger partial charge in [0, 0.05) is 12.6 Å². The Morgan fingerprint density at radius 2 is 1.81 bits per heavy atom. The van der Waals surface area contributed by atoms with Crippen LogP contribution in [0.1, 0.15) is 18.4 Å². The van der Waals surface area contributed by atoms with Crippen LogP contribution in [0, 0.1) is 0 Å². The average Bonchev–Trinajstić information content (AvgIpc) is 3.33. The second-order valence-corrected chi connectivity index (χ2v) is 5.60. The van der Waals surface area contributed by atoms with Gasteiger partial charge in [-0.2, -0.15) is 0 Å². The van der Waals surface area contributed by atoms with E-state index in [1.807, 2.05) is 42.5 Å². The minimum absolute atomic E-state index is 0.626. The number of halogens is 1. The van der Waals surface area contributed by atoms with Crippen molar-refractivity contribution in [1.82, 2.24) is 5.32 Å². The summed E-state index contributed by atoms with van der Waals surface area (Å²) in [6.07, 6.45) is 2.57. The van der Waals surface area contributed by atoms with Crippen LogP contribution in [0.25, 0.3) is 0 Å². The Morgan fingerprint density at radius 1 is 1.10 bits per heavy atom. The predicted octanol–water partition coefficient (Wildman–Crippen LogP) is 4.39. The molecule has 0 bridgehead atoms. The maximum atomic E-state index is 6.29. The zero-order chi connectivity index (χ0) is 14.7. The molecular formula is C17H18ClNO2. The van der Waals surface area contributed by atoms with E-state index in [-0.39, 0.29) is 0 Å². The molecule has 0 spiro atoms. The molecule has 3 rings (SSSR count). The first-order valence-corrected chi connectivity index (χ1v) is 7.46. The van der Waals surface area contributed by atoms with Gasteiger partial charge in [-0.15, -0.1) is 0 Å². The molecule has 1 fully saturated rings. The van der Waals surface area contributed by atoms with Gasteiger partial charge >= 0.3 is 0 Å². The lowest BCUT2D eigenvalue weighted by molar-refractivity contribution is 0.413. The Balaban J connectivity index is 1.66. The van der Waals surface area contributed by atoms with Gasteiger partial charge in [-0.3, -0.25) is 0 Å². The molecule has 0 saturated heterocycles. The van der Waals surface area contributed by atoms with Gasteiger partial charge in [0.2, 0.25) is 0 Å². The van der Waals surface area contributed by atoms with Gasteiger partial charge in [-0.25, -0.2) is 0 Å². The molecule has 4 heteroatoms. The summed E-state index contributed by atoms with van der Waals surface area (Å²) in [5.74, 6) is 2.20. The average molecular weight is 304 g/mol. The molecule has 2 aromatic carbocycles. The number of methoxy groups -OCH3 is 1. The molecule has 2 aromatic rings. The molecule has 1 aliphatic rings. The normalized spacial score (nSPS) is 14.0. The highest BCUT2D eigenvalue weighted by Crippen LogP contribution is 2.31. The molecule has 21 heavy (non-hydrogen) atoms. The number of benzene rings is 2. The Morgan fingerprint density at radius 3 is 2.43 bits per heavy atom. The molecule has 0 aromatic heterocycles. The summed E-state index contributed by atoms with van der Waals surface area (Å²) in [4.78, 5) is 0. The van der Waals surface area contributed by atoms with Crippen molar-refractivity contribution < 1.29 is 9.47 Å². The van der Waals surface area contributed by atoms with Crippen molar-refractivity contribution in [3.63, 3.8) is 0 Å². The maximum Gasteiger partial charge on any atom is 0.146 e. The van der Waals surface area contributed by atoms with E-state index in [0.29, 0.717) is 16.8 Å². The summed E-state index contributed by atoms with van der Waals surface area (Å²) >= 11 is 6.29. The van der Waals surface area contributed by atoms with E-state index in [9.17, 15) is 0 Å². The summed E-state index contributed by atoms with van der Waals surface area (Å²) in [5.41, 5.74) is 1.17. The summed E-state index contributed by atoms with van der Waals surface area (Å²) in [5, 5.41) is 4.09. The highest BCUT2D eigenvalue weighted by molar-refractivity contribution is 6.32. The lowest BCUT2D eigenvalue weighted by atomic mass is 10.2. The summed E-state index contributed by atoms with van der Waals surface area (Å²) in [7, 11) is 1.64. The lowest BCUT2D eigenvalue weighted by Crippen LogP contribution is -2.15. The fraction of sp³-hybridized carbons (Fsp3) is 0.294. The molecule has 1 aliphatic carbocycles. The molecule has 0 amide bonds. The van der Waals surface area contributed by atoms with E-state index in [2.05, 4.69) is 5.32 Å². The molecule has 0 heterocycles. The van der Waals surface area contributed by atoms with E-state index >= 15 is 0 Å². The SMILES string of the molecule is COc1ccc(Oc2ccc(CNC3CC3)cc2Cl)cc1. The van der Waals surface area contributed by atoms with Crippen molar-refractivity contribution in [3.05, 3.63) is 53.1 Å². The van der Waals surface area contributed by atoms with Crippen LogP contribution >= 0.6 is 11.6 Å². The molecule has 1 N–H and O–H groups in total. The standard InChI is InChI=1S/C17H18ClNO2/c1-20-14-5-7-15(8-6-14)21-17-9-2-12(10-16(17)18)11-19-13-3-4-13/h2,5-10,13,19H,3-4,11H2,1H3. The van der Waals surface area contributed by atoms with Crippen molar-refractivity contribution in [2.24, 2.45) is 0 Å². The highest BCUT2D eigenvalue weighted by atomic mass is 35.5. The highest BCUT2D eigenvalue weighted by Gasteiger charge is 2.20. The van der Waals surface area contributed by atoms with Crippen LogP contribution in [-0.4, -0.2) is 13.2 Å². The third-order valence-electron chi connectivity index (χ3n) is 3.46. The van der Waals surface area contributed by atoms with Crippen molar-refractivity contribution in [1.29, 1.82) is 0 Å². The predicted molar refractivity (Wildman–Crippen MR) is 84.4 cm³/mol. The Kier molecular flexibility index (Phi) is 4.32. The van der Waals surface area contributed by atoms with E-state index in [1.165, 1.54) is 18.4 Å². The number of rotatable bonds is 6. The minimum Gasteiger partial charge on any atom is -0.497 e. The third-order valence-corrected chi connectivity index (χ3v) is 3.75. The Hall–Kier alpha value is -1.71. The quantitative estimate of drug-likeness (QED) is 0.858. The second kappa shape index (κ2) is 6.37. The molecule has 0 radical (unpaired) electrons. The summed E-state index contributed by atoms with van der Waals surface area (Å²) < 4.78 is 10.9. The fourth-order valence-electron chi connectivity index (χ4n) is 2.06. The number of ether oxygens (including phenoxy) is 2. The molecule has 110 valence electrons. The maximum absolute atomic E-state index is 6.29. The van der Waals surface area contributed by atoms with Crippen LogP contribution in [-0.2, 0) is 6.54 Å². The Labute approximate surface area is 129 Å². The van der Waals surface area contributed by atoms with Crippen LogP contribution in [0.3, 0.4) is 0 Å². The van der Waals surface area contributed by atoms with E-state index < -0.39 is 0 Å². The molecule has 0 unspecified atom stereocenters. The smallest absolute Gasteiger partial charge is 0.146 e. The van der Waals surface area contributed by atoms with Crippen LogP contribution < -0.4 is 14.8 Å². The number of hydrogen-bond donors (Lipinski definition) is 1. The van der Waals surface area contributed by atoms with Gasteiger partial charge in [0.05, 0.1) is 12.1 Å². The van der Waals surface area contributed by atoms with Crippen molar-refractivity contribution in [2.45, 2.75) is 25.4 Å². The lowest BCUT2D eigenvalue weighted by Gasteiger charge is -2.10. The largest absolute Gasteiger partial charge is 0.497 e. The summed E-state index contributed by atoms with van der Waals surface area (Å²) in [6, 6.07) is 14.0. The second-order valence-electron chi connectivity index (χ2n) is 5.20. The fourth-order valence-corrected chi connectivity index (χ4v) is 2.30. The van der Waals surface area contributed by atoms with Crippen LogP contribution in [0.5, 0.6) is 17.2 Å². The first-order valence-electron chi connectivity index (χ1n) is 7.08. The van der Waals surface area contributed by atoms with Crippen LogP contribution in [0.2, 0.25) is 5.02 Å². The minimum atomic E-state index is 0.626. The van der Waals surface area contributed by atoms with Gasteiger partial charge in [0.1, 0.15) is 17.2 Å². The Bertz CT molecular complexity index is 609. The van der Waals surface area contributed by atoms with Gasteiger partial charge in [-0.1, -0.05) is 17.7 Å². The third kappa shape index (κ3) is 3.90. The van der Waals surface area contributed by atoms with Gasteiger partial charge < -0.3 is 14.8 Å². The zero-order valence-electron chi connectivity index (χ0n) is 11.9. The molecule has 0 atom stereocenters. The monoisotopic (exact) mass is 303 g/mol. The van der Waals surface area contributed by atoms with Crippen molar-refractivity contribution in [2.75, 3.05) is 7.11 Å². The topological polar surface area (TPSA) is 30.5 Å². The van der Waals surface area contributed by atoms with Crippen molar-refractivity contribution >= 4 is 11.6 Å². The van der Waals surface area contributed by atoms with Crippen LogP contribution in [0.15, 0.2) is 42.5 Å². The van der Waals surface area contributed by atoms with Gasteiger partial charge in [0.25, 0.3) is 0 Å². The molecular weight excluding hydrogens is 286 g/mol. The van der Waals surface area contributed by atoms with Gasteiger partial charge in [0.15, 0.2) is 0 Å². The van der Waals surface area contributed by atoms with E-state index in [0.717, 1.165) is 18.0 Å². The summed E-state index contributed by atoms with van der Waals surface area (Å²) in [6.45, 7) is 0.854. The zero-order valence-corrected chi connectivity index (χ0v) is 12.7. The van der Waals surface area contributed by atoms with E-state index in [1.54, 1.807) is 7.11 Å². The van der Waals surface area contributed by atoms with E-state index in [4.69, 9.17) is 21.1 Å². The molecule has 3 nitrogen and oxygen atoms in total. The number of nitrogens with one attached hydrogen (secondary N) is 1. The number of hydrogen-bond acceptors (Lipinski definition) is 3. The molecule has 0 aliphatic heterocycles. The van der Waals surface area contributed by atoms with Crippen LogP contribution in [0.4, 0.5) is 0 Å². The van der Waals surface area contributed by atoms with Gasteiger partial charge in [-0.05, 0) is 54.8 Å².